The molecule has 0 bridgehead atoms. The van der Waals surface area contributed by atoms with E-state index >= 15 is 0 Å². The maximum absolute atomic E-state index is 8.35. The Morgan fingerprint density at radius 3 is 1.47 bits per heavy atom. The minimum absolute atomic E-state index is 0.414. The first-order valence-corrected chi connectivity index (χ1v) is 4.48. The van der Waals surface area contributed by atoms with Crippen LogP contribution in [0, 0.1) is 0 Å². The Bertz CT molecular complexity index is 715. The zero-order chi connectivity index (χ0) is 24.4. The summed E-state index contributed by atoms with van der Waals surface area (Å²) in [5.41, 5.74) is -1.54. The minimum Gasteiger partial charge on any atom is -0.0587 e. The smallest absolute Gasteiger partial charge is 0.0347 e. The molecule has 0 fully saturated rings. The Labute approximate surface area is 116 Å². The Morgan fingerprint density at radius 2 is 1.13 bits per heavy atom. The van der Waals surface area contributed by atoms with Crippen LogP contribution in [-0.4, -0.2) is 0 Å². The summed E-state index contributed by atoms with van der Waals surface area (Å²) in [5, 5.41) is 0. The molecule has 15 heavy (non-hydrogen) atoms. The molecular formula is C15H24. The van der Waals surface area contributed by atoms with Crippen LogP contribution in [0.5, 0.6) is 0 Å². The Balaban J connectivity index is 4.12. The highest BCUT2D eigenvalue weighted by atomic mass is 14.1. The Hall–Kier alpha value is -0.780. The highest BCUT2D eigenvalue weighted by Crippen LogP contribution is 2.26. The highest BCUT2D eigenvalue weighted by Gasteiger charge is 2.08. The molecule has 0 saturated heterocycles. The largest absolute Gasteiger partial charge is 0.0587 e. The first-order chi connectivity index (χ1) is 12.8. The molecule has 0 radical (unpaired) electrons. The lowest BCUT2D eigenvalue weighted by molar-refractivity contribution is 0.804. The van der Waals surface area contributed by atoms with Crippen molar-refractivity contribution in [3.05, 3.63) is 34.9 Å². The van der Waals surface area contributed by atoms with Gasteiger partial charge in [-0.1, -0.05) is 59.5 Å². The van der Waals surface area contributed by atoms with Crippen LogP contribution in [0.2, 0.25) is 0 Å². The SMILES string of the molecule is [2H]C([2H])([2H])C([2H])(C)c1cc(C([2H])(C)C([2H])([2H])[2H])cc(C([2H])(C([2H])([2H])[2H])C([2H])([2H])[2H])c1. The van der Waals surface area contributed by atoms with Crippen molar-refractivity contribution in [2.24, 2.45) is 0 Å². The van der Waals surface area contributed by atoms with E-state index < -0.39 is 61.8 Å². The zero-order valence-corrected chi connectivity index (χ0v) is 8.73. The molecule has 0 saturated carbocycles. The van der Waals surface area contributed by atoms with Gasteiger partial charge in [0.1, 0.15) is 0 Å². The fourth-order valence-corrected chi connectivity index (χ4v) is 1.20. The molecule has 1 aromatic carbocycles. The third-order valence-electron chi connectivity index (χ3n) is 2.09. The van der Waals surface area contributed by atoms with Crippen molar-refractivity contribution in [3.8, 4) is 0 Å². The normalized spacial score (nSPS) is 38.4. The Kier molecular flexibility index (Phi) is 0.937. The van der Waals surface area contributed by atoms with Crippen LogP contribution in [0.15, 0.2) is 18.2 Å². The van der Waals surface area contributed by atoms with E-state index in [2.05, 4.69) is 0 Å². The fraction of sp³-hybridized carbons (Fsp3) is 0.600. The molecule has 0 aromatic heterocycles. The molecule has 0 aliphatic heterocycles. The molecule has 0 heterocycles. The molecule has 1 aromatic rings. The van der Waals surface area contributed by atoms with Crippen molar-refractivity contribution >= 4 is 0 Å². The van der Waals surface area contributed by atoms with Gasteiger partial charge in [0.2, 0.25) is 0 Å². The second-order valence-corrected chi connectivity index (χ2v) is 3.42. The molecule has 0 nitrogen and oxygen atoms in total. The molecule has 0 amide bonds. The van der Waals surface area contributed by atoms with E-state index in [-0.39, 0.29) is 0 Å². The van der Waals surface area contributed by atoms with Crippen LogP contribution in [0.4, 0.5) is 0 Å². The van der Waals surface area contributed by atoms with Gasteiger partial charge < -0.3 is 0 Å². The molecule has 2 atom stereocenters. The maximum Gasteiger partial charge on any atom is 0.0347 e. The van der Waals surface area contributed by atoms with Crippen molar-refractivity contribution in [1.29, 1.82) is 0 Å². The van der Waals surface area contributed by atoms with Gasteiger partial charge >= 0.3 is 0 Å². The van der Waals surface area contributed by atoms with Gasteiger partial charge in [0.25, 0.3) is 0 Å². The Morgan fingerprint density at radius 1 is 0.800 bits per heavy atom. The summed E-state index contributed by atoms with van der Waals surface area (Å²) in [6.45, 7) is -10.8. The van der Waals surface area contributed by atoms with Gasteiger partial charge in [0.15, 0.2) is 0 Å². The number of benzene rings is 1. The molecule has 0 spiro atoms. The van der Waals surface area contributed by atoms with E-state index in [0.717, 1.165) is 32.0 Å². The van der Waals surface area contributed by atoms with Crippen LogP contribution in [0.1, 0.15) is 96.2 Å². The average Bonchev–Trinajstić information content (AvgIpc) is 2.49. The standard InChI is InChI=1S/C15H24/c1-10(2)13-7-14(11(3)4)9-15(8-13)12(5)6/h7-12H,1-6H3/i1D3,2D3,3D3,5D3,10D,11D,12D. The lowest BCUT2D eigenvalue weighted by Crippen LogP contribution is -1.98. The molecule has 0 heteroatoms. The first kappa shape index (κ1) is 2.91. The number of hydrogen-bond acceptors (Lipinski definition) is 0. The van der Waals surface area contributed by atoms with Crippen LogP contribution in [-0.2, 0) is 0 Å². The maximum atomic E-state index is 8.35. The van der Waals surface area contributed by atoms with E-state index in [0.29, 0.717) is 0 Å². The fourth-order valence-electron chi connectivity index (χ4n) is 1.20. The predicted octanol–water partition coefficient (Wildman–Crippen LogP) is 5.06. The molecular weight excluding hydrogens is 180 g/mol. The van der Waals surface area contributed by atoms with Gasteiger partial charge in [0, 0.05) is 20.6 Å². The number of rotatable bonds is 3. The summed E-state index contributed by atoms with van der Waals surface area (Å²) in [7, 11) is 0. The second kappa shape index (κ2) is 4.83. The third-order valence-corrected chi connectivity index (χ3v) is 2.09. The van der Waals surface area contributed by atoms with Gasteiger partial charge in [-0.15, -0.1) is 0 Å². The lowest BCUT2D eigenvalue weighted by atomic mass is 9.90. The highest BCUT2D eigenvalue weighted by molar-refractivity contribution is 5.35. The first-order valence-electron chi connectivity index (χ1n) is 12.0. The molecule has 0 N–H and O–H groups in total. The van der Waals surface area contributed by atoms with E-state index in [1.54, 1.807) is 0 Å². The van der Waals surface area contributed by atoms with Crippen molar-refractivity contribution < 1.29 is 20.6 Å². The van der Waals surface area contributed by atoms with Crippen LogP contribution in [0.25, 0.3) is 0 Å². The summed E-state index contributed by atoms with van der Waals surface area (Å²) in [5.74, 6) is -8.04. The summed E-state index contributed by atoms with van der Waals surface area (Å²) in [6.07, 6.45) is 0. The quantitative estimate of drug-likeness (QED) is 0.667. The zero-order valence-electron chi connectivity index (χ0n) is 23.7. The predicted molar refractivity (Wildman–Crippen MR) is 68.7 cm³/mol. The van der Waals surface area contributed by atoms with Crippen molar-refractivity contribution in [3.63, 3.8) is 0 Å². The van der Waals surface area contributed by atoms with E-state index in [9.17, 15) is 0 Å². The summed E-state index contributed by atoms with van der Waals surface area (Å²) in [6, 6.07) is 2.62. The third kappa shape index (κ3) is 3.09. The average molecular weight is 219 g/mol. The van der Waals surface area contributed by atoms with E-state index in [1.807, 2.05) is 0 Å². The monoisotopic (exact) mass is 219 g/mol. The molecule has 0 aliphatic rings. The molecule has 0 aliphatic carbocycles. The summed E-state index contributed by atoms with van der Waals surface area (Å²) < 4.78 is 116. The van der Waals surface area contributed by atoms with Gasteiger partial charge in [0.05, 0.1) is 0 Å². The van der Waals surface area contributed by atoms with Crippen LogP contribution < -0.4 is 0 Å². The summed E-state index contributed by atoms with van der Waals surface area (Å²) >= 11 is 0. The minimum atomic E-state index is -3.41. The topological polar surface area (TPSA) is 0 Å². The van der Waals surface area contributed by atoms with Crippen molar-refractivity contribution in [2.45, 2.75) is 58.9 Å². The van der Waals surface area contributed by atoms with Gasteiger partial charge in [-0.25, -0.2) is 0 Å². The van der Waals surface area contributed by atoms with E-state index in [4.69, 9.17) is 20.6 Å². The van der Waals surface area contributed by atoms with Gasteiger partial charge in [-0.2, -0.15) is 0 Å². The van der Waals surface area contributed by atoms with Gasteiger partial charge in [-0.05, 0) is 34.4 Å². The van der Waals surface area contributed by atoms with Crippen LogP contribution in [0.3, 0.4) is 0 Å². The van der Waals surface area contributed by atoms with Crippen molar-refractivity contribution in [2.75, 3.05) is 0 Å². The van der Waals surface area contributed by atoms with Gasteiger partial charge in [-0.3, -0.25) is 0 Å². The second-order valence-electron chi connectivity index (χ2n) is 3.42. The molecule has 1 rings (SSSR count). The molecule has 84 valence electrons. The van der Waals surface area contributed by atoms with Crippen LogP contribution >= 0.6 is 0 Å². The number of hydrogen-bond donors (Lipinski definition) is 0. The van der Waals surface area contributed by atoms with Crippen molar-refractivity contribution in [1.82, 2.24) is 0 Å². The summed E-state index contributed by atoms with van der Waals surface area (Å²) in [4.78, 5) is 0. The lowest BCUT2D eigenvalue weighted by Gasteiger charge is -2.16. The molecule has 2 unspecified atom stereocenters. The van der Waals surface area contributed by atoms with E-state index in [1.165, 1.54) is 0 Å².